The molecule has 1 amide bonds. The maximum absolute atomic E-state index is 11.2. The van der Waals surface area contributed by atoms with Crippen LogP contribution in [0.4, 0.5) is 0 Å². The number of nitrogens with one attached hydrogen (secondary N) is 1. The summed E-state index contributed by atoms with van der Waals surface area (Å²) in [5.74, 6) is 0.0491. The molecule has 1 atom stereocenters. The van der Waals surface area contributed by atoms with E-state index in [4.69, 9.17) is 0 Å². The molecule has 0 aliphatic carbocycles. The van der Waals surface area contributed by atoms with Gasteiger partial charge in [0.1, 0.15) is 0 Å². The highest BCUT2D eigenvalue weighted by Crippen LogP contribution is 2.24. The van der Waals surface area contributed by atoms with Crippen molar-refractivity contribution in [1.29, 1.82) is 0 Å². The van der Waals surface area contributed by atoms with Crippen molar-refractivity contribution in [1.82, 2.24) is 5.32 Å². The summed E-state index contributed by atoms with van der Waals surface area (Å²) in [5.41, 5.74) is 0.0209. The van der Waals surface area contributed by atoms with Crippen LogP contribution in [0.3, 0.4) is 0 Å². The summed E-state index contributed by atoms with van der Waals surface area (Å²) < 4.78 is 0. The fourth-order valence-electron chi connectivity index (χ4n) is 0.619. The second-order valence-electron chi connectivity index (χ2n) is 3.80. The Morgan fingerprint density at radius 2 is 2.00 bits per heavy atom. The summed E-state index contributed by atoms with van der Waals surface area (Å²) in [6, 6.07) is 0. The Bertz CT molecular complexity index is 155. The van der Waals surface area contributed by atoms with E-state index in [2.05, 4.69) is 11.9 Å². The van der Waals surface area contributed by atoms with Gasteiger partial charge in [-0.15, -0.1) is 0 Å². The van der Waals surface area contributed by atoms with Crippen LogP contribution < -0.4 is 5.32 Å². The number of hydrogen-bond acceptors (Lipinski definition) is 1. The molecule has 0 saturated heterocycles. The van der Waals surface area contributed by atoms with E-state index in [0.29, 0.717) is 0 Å². The van der Waals surface area contributed by atoms with Gasteiger partial charge in [-0.3, -0.25) is 4.79 Å². The highest BCUT2D eigenvalue weighted by atomic mass is 16.1. The lowest BCUT2D eigenvalue weighted by Crippen LogP contribution is -2.33. The molecule has 0 radical (unpaired) electrons. The van der Waals surface area contributed by atoms with Crippen LogP contribution >= 0.6 is 0 Å². The van der Waals surface area contributed by atoms with Gasteiger partial charge in [0, 0.05) is 5.92 Å². The molecule has 64 valence electrons. The predicted molar refractivity (Wildman–Crippen MR) is 47.0 cm³/mol. The third kappa shape index (κ3) is 3.21. The van der Waals surface area contributed by atoms with E-state index in [1.54, 1.807) is 0 Å². The Labute approximate surface area is 68.7 Å². The summed E-state index contributed by atoms with van der Waals surface area (Å²) in [6.45, 7) is 11.5. The number of carbonyl (C=O) groups excluding carboxylic acids is 1. The second-order valence-corrected chi connectivity index (χ2v) is 3.80. The molecule has 1 N–H and O–H groups in total. The molecule has 0 aliphatic rings. The van der Waals surface area contributed by atoms with E-state index in [1.807, 2.05) is 27.7 Å². The zero-order valence-electron chi connectivity index (χ0n) is 7.77. The van der Waals surface area contributed by atoms with Crippen molar-refractivity contribution in [3.8, 4) is 0 Å². The van der Waals surface area contributed by atoms with Crippen molar-refractivity contribution >= 4 is 5.91 Å². The molecule has 0 aromatic rings. The molecular weight excluding hydrogens is 138 g/mol. The fraction of sp³-hybridized carbons (Fsp3) is 0.667. The Morgan fingerprint density at radius 3 is 2.27 bits per heavy atom. The summed E-state index contributed by atoms with van der Waals surface area (Å²) in [6.07, 6.45) is 1.42. The minimum atomic E-state index is 0.0144. The lowest BCUT2D eigenvalue weighted by molar-refractivity contribution is -0.126. The van der Waals surface area contributed by atoms with Crippen LogP contribution in [0.2, 0.25) is 0 Å². The molecule has 0 aromatic heterocycles. The van der Waals surface area contributed by atoms with E-state index in [-0.39, 0.29) is 17.2 Å². The zero-order valence-corrected chi connectivity index (χ0v) is 7.77. The molecule has 0 unspecified atom stereocenters. The topological polar surface area (TPSA) is 29.1 Å². The minimum absolute atomic E-state index is 0.0144. The molecule has 0 heterocycles. The molecule has 0 bridgehead atoms. The fourth-order valence-corrected chi connectivity index (χ4v) is 0.619. The van der Waals surface area contributed by atoms with Gasteiger partial charge in [0.25, 0.3) is 0 Å². The van der Waals surface area contributed by atoms with Gasteiger partial charge in [0.2, 0.25) is 5.91 Å². The van der Waals surface area contributed by atoms with E-state index in [1.165, 1.54) is 6.20 Å². The highest BCUT2D eigenvalue weighted by Gasteiger charge is 2.25. The minimum Gasteiger partial charge on any atom is -0.333 e. The van der Waals surface area contributed by atoms with Crippen molar-refractivity contribution < 1.29 is 4.79 Å². The van der Waals surface area contributed by atoms with E-state index in [9.17, 15) is 4.79 Å². The second kappa shape index (κ2) is 3.56. The first-order valence-electron chi connectivity index (χ1n) is 3.81. The summed E-state index contributed by atoms with van der Waals surface area (Å²) in [4.78, 5) is 11.2. The summed E-state index contributed by atoms with van der Waals surface area (Å²) >= 11 is 0. The lowest BCUT2D eigenvalue weighted by Gasteiger charge is -2.25. The van der Waals surface area contributed by atoms with Gasteiger partial charge in [-0.25, -0.2) is 0 Å². The van der Waals surface area contributed by atoms with Gasteiger partial charge in [-0.05, 0) is 11.6 Å². The lowest BCUT2D eigenvalue weighted by atomic mass is 9.81. The van der Waals surface area contributed by atoms with E-state index in [0.717, 1.165) is 0 Å². The Morgan fingerprint density at radius 1 is 1.55 bits per heavy atom. The number of rotatable bonds is 2. The first kappa shape index (κ1) is 10.2. The van der Waals surface area contributed by atoms with Crippen LogP contribution in [0.5, 0.6) is 0 Å². The van der Waals surface area contributed by atoms with Crippen LogP contribution in [-0.2, 0) is 4.79 Å². The third-order valence-electron chi connectivity index (χ3n) is 1.94. The molecule has 0 saturated carbocycles. The highest BCUT2D eigenvalue weighted by molar-refractivity contribution is 5.79. The Kier molecular flexibility index (Phi) is 3.30. The molecule has 2 heteroatoms. The monoisotopic (exact) mass is 155 g/mol. The molecule has 0 aliphatic heterocycles. The van der Waals surface area contributed by atoms with Gasteiger partial charge in [0.15, 0.2) is 0 Å². The SMILES string of the molecule is C=CNC(=O)[C@@H](C)C(C)(C)C. The third-order valence-corrected chi connectivity index (χ3v) is 1.94. The molecule has 0 aromatic carbocycles. The number of amides is 1. The van der Waals surface area contributed by atoms with Crippen LogP contribution in [0, 0.1) is 11.3 Å². The van der Waals surface area contributed by atoms with E-state index < -0.39 is 0 Å². The van der Waals surface area contributed by atoms with Gasteiger partial charge < -0.3 is 5.32 Å². The first-order chi connectivity index (χ1) is 4.89. The quantitative estimate of drug-likeness (QED) is 0.648. The predicted octanol–water partition coefficient (Wildman–Crippen LogP) is 1.93. The van der Waals surface area contributed by atoms with Crippen LogP contribution in [0.25, 0.3) is 0 Å². The molecular formula is C9H17NO. The molecule has 0 fully saturated rings. The largest absolute Gasteiger partial charge is 0.333 e. The standard InChI is InChI=1S/C9H17NO/c1-6-10-8(11)7(2)9(3,4)5/h6-7H,1H2,2-5H3,(H,10,11)/t7-/m1/s1. The molecule has 0 rings (SSSR count). The van der Waals surface area contributed by atoms with Crippen LogP contribution in [-0.4, -0.2) is 5.91 Å². The average Bonchev–Trinajstić information content (AvgIpc) is 1.85. The summed E-state index contributed by atoms with van der Waals surface area (Å²) in [7, 11) is 0. The van der Waals surface area contributed by atoms with Crippen LogP contribution in [0.1, 0.15) is 27.7 Å². The first-order valence-corrected chi connectivity index (χ1v) is 3.81. The van der Waals surface area contributed by atoms with Crippen LogP contribution in [0.15, 0.2) is 12.8 Å². The van der Waals surface area contributed by atoms with E-state index >= 15 is 0 Å². The molecule has 2 nitrogen and oxygen atoms in total. The molecule has 0 spiro atoms. The Balaban J connectivity index is 4.13. The normalized spacial score (nSPS) is 13.8. The Hall–Kier alpha value is -0.790. The maximum atomic E-state index is 11.2. The van der Waals surface area contributed by atoms with Crippen molar-refractivity contribution in [2.24, 2.45) is 11.3 Å². The maximum Gasteiger partial charge on any atom is 0.227 e. The number of carbonyl (C=O) groups is 1. The van der Waals surface area contributed by atoms with Gasteiger partial charge in [-0.2, -0.15) is 0 Å². The van der Waals surface area contributed by atoms with Gasteiger partial charge in [0.05, 0.1) is 0 Å². The smallest absolute Gasteiger partial charge is 0.227 e. The van der Waals surface area contributed by atoms with Crippen molar-refractivity contribution in [3.05, 3.63) is 12.8 Å². The van der Waals surface area contributed by atoms with Crippen molar-refractivity contribution in [2.45, 2.75) is 27.7 Å². The number of hydrogen-bond donors (Lipinski definition) is 1. The summed E-state index contributed by atoms with van der Waals surface area (Å²) in [5, 5.41) is 2.58. The van der Waals surface area contributed by atoms with Crippen molar-refractivity contribution in [2.75, 3.05) is 0 Å². The van der Waals surface area contributed by atoms with Gasteiger partial charge in [-0.1, -0.05) is 34.3 Å². The van der Waals surface area contributed by atoms with Crippen molar-refractivity contribution in [3.63, 3.8) is 0 Å². The van der Waals surface area contributed by atoms with Gasteiger partial charge >= 0.3 is 0 Å². The average molecular weight is 155 g/mol. The zero-order chi connectivity index (χ0) is 9.07. The molecule has 11 heavy (non-hydrogen) atoms.